The maximum atomic E-state index is 10.8. The molecule has 5 heteroatoms. The molecule has 2 aromatic carbocycles. The molecule has 21 heavy (non-hydrogen) atoms. The maximum Gasteiger partial charge on any atom is 0.335 e. The number of hydrogen-bond acceptors (Lipinski definition) is 4. The summed E-state index contributed by atoms with van der Waals surface area (Å²) in [6, 6.07) is 15.9. The summed E-state index contributed by atoms with van der Waals surface area (Å²) >= 11 is 0. The van der Waals surface area contributed by atoms with Gasteiger partial charge in [0.15, 0.2) is 6.61 Å². The second kappa shape index (κ2) is 6.96. The van der Waals surface area contributed by atoms with Crippen LogP contribution in [0.3, 0.4) is 0 Å². The van der Waals surface area contributed by atoms with Crippen LogP contribution in [0.25, 0.3) is 0 Å². The lowest BCUT2D eigenvalue weighted by atomic mass is 10.2. The van der Waals surface area contributed by atoms with Gasteiger partial charge in [-0.1, -0.05) is 12.1 Å². The summed E-state index contributed by atoms with van der Waals surface area (Å²) in [5, 5.41) is 20.5. The number of nitriles is 1. The summed E-state index contributed by atoms with van der Waals surface area (Å²) in [6.07, 6.45) is 0. The molecule has 0 aliphatic rings. The average molecular weight is 282 g/mol. The van der Waals surface area contributed by atoms with E-state index in [-0.39, 0.29) is 12.2 Å². The van der Waals surface area contributed by atoms with E-state index < -0.39 is 5.97 Å². The van der Waals surface area contributed by atoms with Gasteiger partial charge in [0.1, 0.15) is 11.8 Å². The van der Waals surface area contributed by atoms with Gasteiger partial charge in [-0.05, 0) is 42.0 Å². The fraction of sp³-hybridized carbons (Fsp3) is 0.125. The van der Waals surface area contributed by atoms with Gasteiger partial charge in [-0.25, -0.2) is 4.79 Å². The van der Waals surface area contributed by atoms with Crippen molar-refractivity contribution in [2.75, 3.05) is 11.9 Å². The molecule has 0 heterocycles. The molecule has 0 aliphatic carbocycles. The van der Waals surface area contributed by atoms with Gasteiger partial charge in [0.2, 0.25) is 0 Å². The third kappa shape index (κ3) is 4.25. The van der Waals surface area contributed by atoms with Gasteiger partial charge in [-0.3, -0.25) is 0 Å². The lowest BCUT2D eigenvalue weighted by Crippen LogP contribution is -2.01. The third-order valence-corrected chi connectivity index (χ3v) is 2.83. The first-order chi connectivity index (χ1) is 10.2. The molecule has 2 aromatic rings. The van der Waals surface area contributed by atoms with Crippen molar-refractivity contribution in [3.8, 4) is 11.8 Å². The monoisotopic (exact) mass is 282 g/mol. The standard InChI is InChI=1S/C16H14N2O3/c17-8-9-21-15-3-1-2-12(10-15)11-18-14-6-4-13(5-7-14)16(19)20/h1-7,10,18H,9,11H2,(H,19,20). The van der Waals surface area contributed by atoms with Gasteiger partial charge in [-0.15, -0.1) is 0 Å². The number of carboxylic acid groups (broad SMARTS) is 1. The van der Waals surface area contributed by atoms with Crippen LogP contribution in [0.2, 0.25) is 0 Å². The molecule has 0 unspecified atom stereocenters. The largest absolute Gasteiger partial charge is 0.479 e. The zero-order valence-electron chi connectivity index (χ0n) is 11.2. The molecule has 0 aromatic heterocycles. The molecule has 2 rings (SSSR count). The summed E-state index contributed by atoms with van der Waals surface area (Å²) in [4.78, 5) is 10.8. The summed E-state index contributed by atoms with van der Waals surface area (Å²) in [7, 11) is 0. The predicted molar refractivity (Wildman–Crippen MR) is 78.3 cm³/mol. The average Bonchev–Trinajstić information content (AvgIpc) is 2.52. The number of aromatic carboxylic acids is 1. The Hall–Kier alpha value is -3.00. The Morgan fingerprint density at radius 3 is 2.67 bits per heavy atom. The Bertz CT molecular complexity index is 660. The summed E-state index contributed by atoms with van der Waals surface area (Å²) in [5.41, 5.74) is 2.10. The number of nitrogens with zero attached hydrogens (tertiary/aromatic N) is 1. The lowest BCUT2D eigenvalue weighted by molar-refractivity contribution is 0.0697. The number of anilines is 1. The highest BCUT2D eigenvalue weighted by Gasteiger charge is 2.02. The van der Waals surface area contributed by atoms with Crippen LogP contribution >= 0.6 is 0 Å². The van der Waals surface area contributed by atoms with Gasteiger partial charge in [0.05, 0.1) is 5.56 Å². The molecule has 0 saturated carbocycles. The molecule has 0 fully saturated rings. The first kappa shape index (κ1) is 14.4. The van der Waals surface area contributed by atoms with Crippen molar-refractivity contribution in [2.45, 2.75) is 6.54 Å². The van der Waals surface area contributed by atoms with Crippen molar-refractivity contribution in [1.29, 1.82) is 5.26 Å². The van der Waals surface area contributed by atoms with E-state index in [1.807, 2.05) is 24.3 Å². The fourth-order valence-electron chi connectivity index (χ4n) is 1.80. The number of nitrogens with one attached hydrogen (secondary N) is 1. The van der Waals surface area contributed by atoms with Crippen LogP contribution in [0.4, 0.5) is 5.69 Å². The van der Waals surface area contributed by atoms with Crippen LogP contribution in [0.15, 0.2) is 48.5 Å². The zero-order chi connectivity index (χ0) is 15.1. The smallest absolute Gasteiger partial charge is 0.335 e. The van der Waals surface area contributed by atoms with E-state index in [1.165, 1.54) is 0 Å². The van der Waals surface area contributed by atoms with Crippen LogP contribution in [-0.2, 0) is 6.54 Å². The quantitative estimate of drug-likeness (QED) is 0.851. The van der Waals surface area contributed by atoms with E-state index in [0.29, 0.717) is 12.3 Å². The van der Waals surface area contributed by atoms with Crippen LogP contribution in [-0.4, -0.2) is 17.7 Å². The topological polar surface area (TPSA) is 82.3 Å². The van der Waals surface area contributed by atoms with Gasteiger partial charge in [0.25, 0.3) is 0 Å². The summed E-state index contributed by atoms with van der Waals surface area (Å²) in [6.45, 7) is 0.601. The van der Waals surface area contributed by atoms with Gasteiger partial charge in [0, 0.05) is 12.2 Å². The van der Waals surface area contributed by atoms with Crippen molar-refractivity contribution < 1.29 is 14.6 Å². The molecule has 0 amide bonds. The molecule has 0 saturated heterocycles. The Morgan fingerprint density at radius 1 is 1.24 bits per heavy atom. The minimum absolute atomic E-state index is 0.0214. The first-order valence-electron chi connectivity index (χ1n) is 6.35. The number of carboxylic acids is 1. The van der Waals surface area contributed by atoms with Crippen LogP contribution in [0.1, 0.15) is 15.9 Å². The molecule has 5 nitrogen and oxygen atoms in total. The van der Waals surface area contributed by atoms with Gasteiger partial charge >= 0.3 is 5.97 Å². The van der Waals surface area contributed by atoms with E-state index in [9.17, 15) is 4.79 Å². The Labute approximate surface area is 122 Å². The van der Waals surface area contributed by atoms with E-state index in [1.54, 1.807) is 30.3 Å². The second-order valence-corrected chi connectivity index (χ2v) is 4.33. The third-order valence-electron chi connectivity index (χ3n) is 2.83. The van der Waals surface area contributed by atoms with Crippen LogP contribution in [0.5, 0.6) is 5.75 Å². The number of carbonyl (C=O) groups is 1. The SMILES string of the molecule is N#CCOc1cccc(CNc2ccc(C(=O)O)cc2)c1. The molecular weight excluding hydrogens is 268 g/mol. The van der Waals surface area contributed by atoms with Crippen molar-refractivity contribution in [3.05, 3.63) is 59.7 Å². The molecule has 2 N–H and O–H groups in total. The normalized spacial score (nSPS) is 9.67. The van der Waals surface area contributed by atoms with Crippen molar-refractivity contribution in [3.63, 3.8) is 0 Å². The molecule has 106 valence electrons. The number of rotatable bonds is 6. The van der Waals surface area contributed by atoms with Crippen molar-refractivity contribution >= 4 is 11.7 Å². The lowest BCUT2D eigenvalue weighted by Gasteiger charge is -2.08. The van der Waals surface area contributed by atoms with E-state index in [2.05, 4.69) is 5.32 Å². The Morgan fingerprint density at radius 2 is 2.00 bits per heavy atom. The number of benzene rings is 2. The number of ether oxygens (including phenoxy) is 1. The zero-order valence-corrected chi connectivity index (χ0v) is 11.2. The maximum absolute atomic E-state index is 10.8. The molecule has 0 bridgehead atoms. The van der Waals surface area contributed by atoms with E-state index in [4.69, 9.17) is 15.1 Å². The first-order valence-corrected chi connectivity index (χ1v) is 6.35. The minimum atomic E-state index is -0.941. The summed E-state index contributed by atoms with van der Waals surface area (Å²) in [5.74, 6) is -0.291. The molecular formula is C16H14N2O3. The van der Waals surface area contributed by atoms with Gasteiger partial charge < -0.3 is 15.2 Å². The number of hydrogen-bond donors (Lipinski definition) is 2. The molecule has 0 radical (unpaired) electrons. The van der Waals surface area contributed by atoms with Crippen molar-refractivity contribution in [2.24, 2.45) is 0 Å². The van der Waals surface area contributed by atoms with Crippen molar-refractivity contribution in [1.82, 2.24) is 0 Å². The molecule has 0 aliphatic heterocycles. The Kier molecular flexibility index (Phi) is 4.78. The van der Waals surface area contributed by atoms with Crippen LogP contribution < -0.4 is 10.1 Å². The Balaban J connectivity index is 1.96. The minimum Gasteiger partial charge on any atom is -0.479 e. The predicted octanol–water partition coefficient (Wildman–Crippen LogP) is 2.90. The highest BCUT2D eigenvalue weighted by molar-refractivity contribution is 5.87. The van der Waals surface area contributed by atoms with E-state index in [0.717, 1.165) is 11.3 Å². The highest BCUT2D eigenvalue weighted by Crippen LogP contribution is 2.15. The van der Waals surface area contributed by atoms with Crippen LogP contribution in [0, 0.1) is 11.3 Å². The second-order valence-electron chi connectivity index (χ2n) is 4.33. The molecule has 0 atom stereocenters. The fourth-order valence-corrected chi connectivity index (χ4v) is 1.80. The van der Waals surface area contributed by atoms with E-state index >= 15 is 0 Å². The highest BCUT2D eigenvalue weighted by atomic mass is 16.5. The summed E-state index contributed by atoms with van der Waals surface area (Å²) < 4.78 is 5.24. The van der Waals surface area contributed by atoms with Gasteiger partial charge in [-0.2, -0.15) is 5.26 Å². The molecule has 0 spiro atoms.